The van der Waals surface area contributed by atoms with Gasteiger partial charge in [0.05, 0.1) is 22.8 Å². The molecule has 5 heteroatoms. The molecule has 0 radical (unpaired) electrons. The Kier molecular flexibility index (Phi) is 12.7. The van der Waals surface area contributed by atoms with Crippen molar-refractivity contribution in [3.8, 4) is 33.4 Å². The summed E-state index contributed by atoms with van der Waals surface area (Å²) in [5.74, 6) is 0. The van der Waals surface area contributed by atoms with Gasteiger partial charge in [0.1, 0.15) is 0 Å². The molecule has 8 rings (SSSR count). The molecule has 3 aromatic carbocycles. The fourth-order valence-electron chi connectivity index (χ4n) is 9.83. The molecule has 2 aliphatic heterocycles. The van der Waals surface area contributed by atoms with E-state index in [9.17, 15) is 0 Å². The summed E-state index contributed by atoms with van der Waals surface area (Å²) in [5.41, 5.74) is 25.4. The largest absolute Gasteiger partial charge is 2.00 e. The van der Waals surface area contributed by atoms with Gasteiger partial charge < -0.3 is 9.97 Å². The molecule has 4 nitrogen and oxygen atoms in total. The van der Waals surface area contributed by atoms with Gasteiger partial charge in [-0.3, -0.25) is 0 Å². The van der Waals surface area contributed by atoms with Crippen LogP contribution in [0.4, 0.5) is 0 Å². The summed E-state index contributed by atoms with van der Waals surface area (Å²) in [7, 11) is 0. The van der Waals surface area contributed by atoms with E-state index in [0.717, 1.165) is 130 Å². The van der Waals surface area contributed by atoms with Gasteiger partial charge in [-0.2, -0.15) is 0 Å². The minimum absolute atomic E-state index is 0. The van der Waals surface area contributed by atoms with Crippen molar-refractivity contribution in [1.82, 2.24) is 19.9 Å². The van der Waals surface area contributed by atoms with E-state index in [-0.39, 0.29) is 16.5 Å². The number of hydrogen-bond donors (Lipinski definition) is 0. The Bertz CT molecular complexity index is 2690. The van der Waals surface area contributed by atoms with Crippen LogP contribution in [-0.2, 0) is 42.2 Å². The first-order chi connectivity index (χ1) is 28.5. The second kappa shape index (κ2) is 17.9. The first-order valence-corrected chi connectivity index (χ1v) is 21.8. The van der Waals surface area contributed by atoms with Crippen LogP contribution in [0.3, 0.4) is 0 Å². The molecule has 6 aromatic rings. The average Bonchev–Trinajstić information content (AvgIpc) is 4.02. The van der Waals surface area contributed by atoms with Crippen LogP contribution in [0.5, 0.6) is 0 Å². The van der Waals surface area contributed by atoms with E-state index in [1.807, 2.05) is 0 Å². The van der Waals surface area contributed by atoms with Crippen molar-refractivity contribution >= 4 is 44.4 Å². The number of aromatic nitrogens is 4. The maximum absolute atomic E-state index is 5.89. The SMILES string of the molecule is CCC1=C(CC)c2nc1cc1[n-]c(c(CC)c1CC)c(-c1ccccc1)c1nc(c(-c3ccccc3)c3[n-]c(c(CC)c3CC)c2-c2ccccc2)C(CC)=C1CC.[Ni+2]. The van der Waals surface area contributed by atoms with Crippen molar-refractivity contribution in [2.45, 2.75) is 107 Å². The monoisotopic (exact) mass is 818 g/mol. The number of nitrogens with zero attached hydrogens (tertiary/aromatic N) is 4. The molecule has 8 bridgehead atoms. The summed E-state index contributed by atoms with van der Waals surface area (Å²) < 4.78 is 0. The van der Waals surface area contributed by atoms with Gasteiger partial charge in [-0.1, -0.05) is 175 Å². The molecule has 0 N–H and O–H groups in total. The van der Waals surface area contributed by atoms with Crippen LogP contribution in [0.1, 0.15) is 126 Å². The van der Waals surface area contributed by atoms with Gasteiger partial charge in [-0.25, -0.2) is 9.97 Å². The maximum atomic E-state index is 5.89. The van der Waals surface area contributed by atoms with Crippen molar-refractivity contribution in [1.29, 1.82) is 0 Å². The summed E-state index contributed by atoms with van der Waals surface area (Å²) in [5, 5.41) is 0. The molecule has 0 aliphatic carbocycles. The van der Waals surface area contributed by atoms with Gasteiger partial charge in [0.25, 0.3) is 0 Å². The predicted molar refractivity (Wildman–Crippen MR) is 248 cm³/mol. The van der Waals surface area contributed by atoms with Gasteiger partial charge in [0.15, 0.2) is 0 Å². The van der Waals surface area contributed by atoms with Gasteiger partial charge in [0.2, 0.25) is 0 Å². The normalized spacial score (nSPS) is 12.7. The van der Waals surface area contributed by atoms with Gasteiger partial charge in [0, 0.05) is 0 Å². The summed E-state index contributed by atoms with van der Waals surface area (Å²) in [6.07, 6.45) is 6.94. The van der Waals surface area contributed by atoms with Crippen LogP contribution >= 0.6 is 0 Å². The number of fused-ring (bicyclic) bond motifs is 8. The molecule has 5 heterocycles. The van der Waals surface area contributed by atoms with Crippen molar-refractivity contribution in [2.75, 3.05) is 0 Å². The van der Waals surface area contributed by atoms with Crippen molar-refractivity contribution in [3.05, 3.63) is 142 Å². The molecular formula is C54H56N4Ni. The Hall–Kier alpha value is -5.25. The molecule has 59 heavy (non-hydrogen) atoms. The standard InChI is InChI=1S/C54H56N4.Ni/c1-9-36-38(11-3)49-46(33-26-20-17-21-27-33)51-40(13-5)42(15-7)53(57-51)48(35-30-24-19-25-31-35)54-43(16-8)41(14-6)52(58-54)47(34-28-22-18-23-29-34)50-39(12-4)37(10-2)45(56-50)32-44(36)55-49;/h17-32H,9-16H2,1-8H3;/q-2;+2. The molecule has 0 fully saturated rings. The smallest absolute Gasteiger partial charge is 0.657 e. The van der Waals surface area contributed by atoms with E-state index < -0.39 is 0 Å². The molecule has 2 aliphatic rings. The van der Waals surface area contributed by atoms with Gasteiger partial charge in [-0.05, 0) is 107 Å². The molecular weight excluding hydrogens is 763 g/mol. The Labute approximate surface area is 361 Å². The van der Waals surface area contributed by atoms with Crippen molar-refractivity contribution in [3.63, 3.8) is 0 Å². The average molecular weight is 820 g/mol. The first kappa shape index (κ1) is 41.9. The molecule has 0 saturated carbocycles. The summed E-state index contributed by atoms with van der Waals surface area (Å²) in [4.78, 5) is 23.2. The van der Waals surface area contributed by atoms with Crippen LogP contribution in [0.25, 0.3) is 77.7 Å². The summed E-state index contributed by atoms with van der Waals surface area (Å²) in [6.45, 7) is 18.3. The van der Waals surface area contributed by atoms with Crippen LogP contribution in [0, 0.1) is 0 Å². The second-order valence-electron chi connectivity index (χ2n) is 15.3. The van der Waals surface area contributed by atoms with Crippen LogP contribution in [-0.4, -0.2) is 9.97 Å². The van der Waals surface area contributed by atoms with Crippen molar-refractivity contribution < 1.29 is 16.5 Å². The molecule has 0 amide bonds. The van der Waals surface area contributed by atoms with E-state index >= 15 is 0 Å². The van der Waals surface area contributed by atoms with Crippen LogP contribution in [0.2, 0.25) is 0 Å². The number of aryl methyl sites for hydroxylation is 4. The number of hydrogen-bond acceptors (Lipinski definition) is 2. The van der Waals surface area contributed by atoms with E-state index in [4.69, 9.17) is 19.9 Å². The van der Waals surface area contributed by atoms with E-state index in [2.05, 4.69) is 152 Å². The number of allylic oxidation sites excluding steroid dienone is 4. The van der Waals surface area contributed by atoms with E-state index in [0.29, 0.717) is 0 Å². The zero-order valence-corrected chi connectivity index (χ0v) is 37.0. The quantitative estimate of drug-likeness (QED) is 0.122. The summed E-state index contributed by atoms with van der Waals surface area (Å²) in [6, 6.07) is 34.9. The summed E-state index contributed by atoms with van der Waals surface area (Å²) >= 11 is 0. The Morgan fingerprint density at radius 1 is 0.373 bits per heavy atom. The third-order valence-electron chi connectivity index (χ3n) is 12.4. The Morgan fingerprint density at radius 2 is 0.712 bits per heavy atom. The van der Waals surface area contributed by atoms with Crippen molar-refractivity contribution in [2.24, 2.45) is 0 Å². The third-order valence-corrected chi connectivity index (χ3v) is 12.4. The third kappa shape index (κ3) is 7.06. The Balaban J connectivity index is 0.00000528. The molecule has 0 saturated heterocycles. The van der Waals surface area contributed by atoms with E-state index in [1.54, 1.807) is 0 Å². The predicted octanol–water partition coefficient (Wildman–Crippen LogP) is 14.3. The molecule has 0 unspecified atom stereocenters. The topological polar surface area (TPSA) is 54.0 Å². The van der Waals surface area contributed by atoms with Crippen LogP contribution in [0.15, 0.2) is 97.1 Å². The number of rotatable bonds is 11. The van der Waals surface area contributed by atoms with Gasteiger partial charge >= 0.3 is 16.5 Å². The zero-order valence-electron chi connectivity index (χ0n) is 36.0. The molecule has 3 aromatic heterocycles. The first-order valence-electron chi connectivity index (χ1n) is 21.8. The minimum atomic E-state index is 0. The molecule has 0 spiro atoms. The fourth-order valence-corrected chi connectivity index (χ4v) is 9.83. The fraction of sp³-hybridized carbons (Fsp3) is 0.296. The molecule has 0 atom stereocenters. The molecule has 302 valence electrons. The van der Waals surface area contributed by atoms with Crippen LogP contribution < -0.4 is 9.97 Å². The Morgan fingerprint density at radius 3 is 1.08 bits per heavy atom. The van der Waals surface area contributed by atoms with E-state index in [1.165, 1.54) is 44.5 Å². The van der Waals surface area contributed by atoms with Gasteiger partial charge in [-0.15, -0.1) is 22.1 Å². The zero-order chi connectivity index (χ0) is 40.5. The number of benzene rings is 3. The maximum Gasteiger partial charge on any atom is 2.00 e. The minimum Gasteiger partial charge on any atom is -0.657 e. The second-order valence-corrected chi connectivity index (χ2v) is 15.3.